The molecule has 2 rings (SSSR count). The lowest BCUT2D eigenvalue weighted by Gasteiger charge is -2.35. The number of hydrogen-bond donors (Lipinski definition) is 0. The molecule has 4 nitrogen and oxygen atoms in total. The predicted molar refractivity (Wildman–Crippen MR) is 65.9 cm³/mol. The molecule has 0 N–H and O–H groups in total. The van der Waals surface area contributed by atoms with Crippen LogP contribution in [0, 0.1) is 5.82 Å². The van der Waals surface area contributed by atoms with Crippen LogP contribution >= 0.6 is 11.6 Å². The van der Waals surface area contributed by atoms with Crippen LogP contribution in [0.5, 0.6) is 0 Å². The van der Waals surface area contributed by atoms with Crippen molar-refractivity contribution in [1.29, 1.82) is 0 Å². The van der Waals surface area contributed by atoms with E-state index >= 15 is 0 Å². The Hall–Kier alpha value is -0.940. The van der Waals surface area contributed by atoms with E-state index in [1.54, 1.807) is 0 Å². The molecule has 0 saturated carbocycles. The minimum Gasteiger partial charge on any atom is -0.351 e. The van der Waals surface area contributed by atoms with E-state index in [1.807, 2.05) is 4.90 Å². The summed E-state index contributed by atoms with van der Waals surface area (Å²) < 4.78 is 13.6. The van der Waals surface area contributed by atoms with Crippen LogP contribution in [0.3, 0.4) is 0 Å². The van der Waals surface area contributed by atoms with Crippen molar-refractivity contribution in [2.75, 3.05) is 37.6 Å². The normalized spacial score (nSPS) is 17.5. The molecule has 94 valence electrons. The minimum atomic E-state index is -0.404. The van der Waals surface area contributed by atoms with E-state index in [1.165, 1.54) is 0 Å². The summed E-state index contributed by atoms with van der Waals surface area (Å²) in [6.45, 7) is 6.70. The Morgan fingerprint density at radius 3 is 2.71 bits per heavy atom. The molecule has 0 bridgehead atoms. The zero-order valence-electron chi connectivity index (χ0n) is 9.86. The van der Waals surface area contributed by atoms with Crippen LogP contribution in [0.2, 0.25) is 5.28 Å². The van der Waals surface area contributed by atoms with Crippen molar-refractivity contribution in [3.8, 4) is 0 Å². The fraction of sp³-hybridized carbons (Fsp3) is 0.636. The minimum absolute atomic E-state index is 0.0948. The molecule has 1 saturated heterocycles. The number of rotatable bonds is 3. The molecular formula is C11H16ClFN4. The number of aromatic nitrogens is 2. The summed E-state index contributed by atoms with van der Waals surface area (Å²) in [6, 6.07) is 0. The molecular weight excluding hydrogens is 243 g/mol. The highest BCUT2D eigenvalue weighted by Gasteiger charge is 2.20. The third-order valence-electron chi connectivity index (χ3n) is 2.91. The van der Waals surface area contributed by atoms with Gasteiger partial charge in [-0.05, 0) is 24.6 Å². The van der Waals surface area contributed by atoms with Crippen LogP contribution in [0.1, 0.15) is 13.3 Å². The van der Waals surface area contributed by atoms with Crippen molar-refractivity contribution in [2.24, 2.45) is 0 Å². The van der Waals surface area contributed by atoms with Gasteiger partial charge in [-0.15, -0.1) is 0 Å². The van der Waals surface area contributed by atoms with Gasteiger partial charge in [0.25, 0.3) is 0 Å². The zero-order chi connectivity index (χ0) is 12.3. The maximum Gasteiger partial charge on any atom is 0.224 e. The summed E-state index contributed by atoms with van der Waals surface area (Å²) in [5.41, 5.74) is 0. The SMILES string of the molecule is CCCN1CCN(c2nc(Cl)ncc2F)CC1. The van der Waals surface area contributed by atoms with Crippen LogP contribution in [0.25, 0.3) is 0 Å². The van der Waals surface area contributed by atoms with Gasteiger partial charge < -0.3 is 4.90 Å². The Balaban J connectivity index is 2.02. The van der Waals surface area contributed by atoms with Gasteiger partial charge in [-0.25, -0.2) is 9.37 Å². The monoisotopic (exact) mass is 258 g/mol. The fourth-order valence-corrected chi connectivity index (χ4v) is 2.19. The zero-order valence-corrected chi connectivity index (χ0v) is 10.6. The molecule has 17 heavy (non-hydrogen) atoms. The van der Waals surface area contributed by atoms with Crippen molar-refractivity contribution in [3.63, 3.8) is 0 Å². The van der Waals surface area contributed by atoms with Crippen LogP contribution in [0.4, 0.5) is 10.2 Å². The smallest absolute Gasteiger partial charge is 0.224 e. The van der Waals surface area contributed by atoms with Gasteiger partial charge in [-0.1, -0.05) is 6.92 Å². The molecule has 0 aromatic carbocycles. The fourth-order valence-electron chi connectivity index (χ4n) is 2.06. The number of piperazine rings is 1. The van der Waals surface area contributed by atoms with Crippen LogP contribution in [-0.4, -0.2) is 47.6 Å². The van der Waals surface area contributed by atoms with Crippen LogP contribution in [-0.2, 0) is 0 Å². The Morgan fingerprint density at radius 1 is 1.35 bits per heavy atom. The summed E-state index contributed by atoms with van der Waals surface area (Å²) in [5.74, 6) is -0.0838. The topological polar surface area (TPSA) is 32.3 Å². The average molecular weight is 259 g/mol. The molecule has 0 aliphatic carbocycles. The first-order valence-corrected chi connectivity index (χ1v) is 6.24. The van der Waals surface area contributed by atoms with E-state index in [2.05, 4.69) is 21.8 Å². The predicted octanol–water partition coefficient (Wildman–Crippen LogP) is 1.80. The number of hydrogen-bond acceptors (Lipinski definition) is 4. The Labute approximate surface area is 105 Å². The summed E-state index contributed by atoms with van der Waals surface area (Å²) in [6.07, 6.45) is 2.27. The van der Waals surface area contributed by atoms with Crippen molar-refractivity contribution in [2.45, 2.75) is 13.3 Å². The van der Waals surface area contributed by atoms with Crippen molar-refractivity contribution < 1.29 is 4.39 Å². The maximum atomic E-state index is 13.6. The number of halogens is 2. The summed E-state index contributed by atoms with van der Waals surface area (Å²) in [5, 5.41) is 0.0948. The molecule has 1 aliphatic rings. The van der Waals surface area contributed by atoms with Crippen molar-refractivity contribution >= 4 is 17.4 Å². The summed E-state index contributed by atoms with van der Waals surface area (Å²) in [7, 11) is 0. The lowest BCUT2D eigenvalue weighted by atomic mass is 10.3. The van der Waals surface area contributed by atoms with Crippen molar-refractivity contribution in [1.82, 2.24) is 14.9 Å². The van der Waals surface area contributed by atoms with E-state index in [9.17, 15) is 4.39 Å². The first-order valence-electron chi connectivity index (χ1n) is 5.86. The molecule has 1 aromatic heterocycles. The van der Waals surface area contributed by atoms with Gasteiger partial charge in [-0.3, -0.25) is 4.90 Å². The van der Waals surface area contributed by atoms with Gasteiger partial charge in [-0.2, -0.15) is 4.98 Å². The molecule has 0 unspecified atom stereocenters. The summed E-state index contributed by atoms with van der Waals surface area (Å²) >= 11 is 5.69. The second-order valence-electron chi connectivity index (χ2n) is 4.14. The first kappa shape index (κ1) is 12.5. The molecule has 0 spiro atoms. The standard InChI is InChI=1S/C11H16ClFN4/c1-2-3-16-4-6-17(7-5-16)10-9(13)8-14-11(12)15-10/h8H,2-7H2,1H3. The molecule has 0 atom stereocenters. The lowest BCUT2D eigenvalue weighted by molar-refractivity contribution is 0.257. The van der Waals surface area contributed by atoms with Crippen LogP contribution in [0.15, 0.2) is 6.20 Å². The Kier molecular flexibility index (Phi) is 4.12. The molecule has 0 radical (unpaired) electrons. The van der Waals surface area contributed by atoms with Crippen LogP contribution < -0.4 is 4.90 Å². The second-order valence-corrected chi connectivity index (χ2v) is 4.48. The molecule has 6 heteroatoms. The first-order chi connectivity index (χ1) is 8.20. The van der Waals surface area contributed by atoms with Gasteiger partial charge >= 0.3 is 0 Å². The molecule has 0 amide bonds. The largest absolute Gasteiger partial charge is 0.351 e. The van der Waals surface area contributed by atoms with E-state index in [-0.39, 0.29) is 5.28 Å². The van der Waals surface area contributed by atoms with E-state index < -0.39 is 5.82 Å². The molecule has 2 heterocycles. The summed E-state index contributed by atoms with van der Waals surface area (Å²) in [4.78, 5) is 11.9. The van der Waals surface area contributed by atoms with Gasteiger partial charge in [0.15, 0.2) is 11.6 Å². The maximum absolute atomic E-state index is 13.6. The van der Waals surface area contributed by atoms with Gasteiger partial charge in [0, 0.05) is 26.2 Å². The molecule has 1 fully saturated rings. The second kappa shape index (κ2) is 5.60. The highest BCUT2D eigenvalue weighted by Crippen LogP contribution is 2.18. The molecule has 1 aromatic rings. The van der Waals surface area contributed by atoms with Gasteiger partial charge in [0.2, 0.25) is 5.28 Å². The van der Waals surface area contributed by atoms with E-state index in [0.29, 0.717) is 5.82 Å². The quantitative estimate of drug-likeness (QED) is 0.774. The Morgan fingerprint density at radius 2 is 2.06 bits per heavy atom. The van der Waals surface area contributed by atoms with Gasteiger partial charge in [0.1, 0.15) is 0 Å². The third kappa shape index (κ3) is 3.04. The third-order valence-corrected chi connectivity index (χ3v) is 3.09. The van der Waals surface area contributed by atoms with E-state index in [0.717, 1.165) is 45.3 Å². The van der Waals surface area contributed by atoms with E-state index in [4.69, 9.17) is 11.6 Å². The van der Waals surface area contributed by atoms with Crippen molar-refractivity contribution in [3.05, 3.63) is 17.3 Å². The number of anilines is 1. The average Bonchev–Trinajstić information content (AvgIpc) is 2.34. The lowest BCUT2D eigenvalue weighted by Crippen LogP contribution is -2.47. The van der Waals surface area contributed by atoms with Gasteiger partial charge in [0.05, 0.1) is 6.20 Å². The number of nitrogens with zero attached hydrogens (tertiary/aromatic N) is 4. The Bertz CT molecular complexity index is 380. The highest BCUT2D eigenvalue weighted by atomic mass is 35.5. The highest BCUT2D eigenvalue weighted by molar-refractivity contribution is 6.28. The molecule has 1 aliphatic heterocycles.